The smallest absolute Gasteiger partial charge is 0.244 e. The Morgan fingerprint density at radius 3 is 2.53 bits per heavy atom. The topological polar surface area (TPSA) is 32.3 Å². The Kier molecular flexibility index (Phi) is 3.59. The first-order valence-corrected chi connectivity index (χ1v) is 8.21. The van der Waals surface area contributed by atoms with E-state index in [1.807, 2.05) is 0 Å². The van der Waals surface area contributed by atoms with Crippen LogP contribution in [0.15, 0.2) is 0 Å². The summed E-state index contributed by atoms with van der Waals surface area (Å²) in [6.07, 6.45) is 10.6. The van der Waals surface area contributed by atoms with E-state index in [9.17, 15) is 4.79 Å². The molecule has 0 radical (unpaired) electrons. The molecule has 1 heterocycles. The van der Waals surface area contributed by atoms with Crippen LogP contribution in [0.2, 0.25) is 0 Å². The lowest BCUT2D eigenvalue weighted by atomic mass is 9.87. The quantitative estimate of drug-likeness (QED) is 0.847. The van der Waals surface area contributed by atoms with Crippen LogP contribution in [-0.4, -0.2) is 29.1 Å². The van der Waals surface area contributed by atoms with Crippen molar-refractivity contribution in [2.24, 2.45) is 11.8 Å². The van der Waals surface area contributed by atoms with Crippen molar-refractivity contribution in [3.63, 3.8) is 0 Å². The summed E-state index contributed by atoms with van der Waals surface area (Å²) < 4.78 is 0. The van der Waals surface area contributed by atoms with Gasteiger partial charge in [-0.25, -0.2) is 0 Å². The van der Waals surface area contributed by atoms with E-state index >= 15 is 0 Å². The molecule has 19 heavy (non-hydrogen) atoms. The summed E-state index contributed by atoms with van der Waals surface area (Å²) in [5, 5.41) is 3.60. The molecule has 0 bridgehead atoms. The van der Waals surface area contributed by atoms with E-state index in [0.717, 1.165) is 25.3 Å². The van der Waals surface area contributed by atoms with Crippen molar-refractivity contribution in [3.05, 3.63) is 0 Å². The number of hydrogen-bond donors (Lipinski definition) is 1. The van der Waals surface area contributed by atoms with Crippen molar-refractivity contribution in [1.82, 2.24) is 10.2 Å². The third-order valence-corrected chi connectivity index (χ3v) is 5.31. The van der Waals surface area contributed by atoms with E-state index in [4.69, 9.17) is 0 Å². The van der Waals surface area contributed by atoms with Crippen LogP contribution in [0.4, 0.5) is 0 Å². The number of amides is 1. The molecule has 1 aliphatic heterocycles. The average Bonchev–Trinajstić information content (AvgIpc) is 3.13. The van der Waals surface area contributed by atoms with E-state index < -0.39 is 0 Å². The van der Waals surface area contributed by atoms with Gasteiger partial charge in [-0.2, -0.15) is 0 Å². The Morgan fingerprint density at radius 2 is 1.95 bits per heavy atom. The van der Waals surface area contributed by atoms with Gasteiger partial charge in [-0.05, 0) is 31.1 Å². The zero-order valence-electron chi connectivity index (χ0n) is 12.5. The van der Waals surface area contributed by atoms with Crippen molar-refractivity contribution >= 4 is 5.91 Å². The Labute approximate surface area is 117 Å². The molecule has 108 valence electrons. The second-order valence-electron chi connectivity index (χ2n) is 7.21. The molecular weight excluding hydrogens is 236 g/mol. The van der Waals surface area contributed by atoms with E-state index in [1.54, 1.807) is 0 Å². The number of nitrogens with one attached hydrogen (secondary N) is 1. The van der Waals surface area contributed by atoms with Crippen molar-refractivity contribution < 1.29 is 4.79 Å². The summed E-state index contributed by atoms with van der Waals surface area (Å²) in [7, 11) is 0. The Bertz CT molecular complexity index is 343. The molecule has 0 aromatic heterocycles. The minimum absolute atomic E-state index is 0.137. The van der Waals surface area contributed by atoms with Gasteiger partial charge in [0.2, 0.25) is 5.91 Å². The van der Waals surface area contributed by atoms with Gasteiger partial charge in [0.15, 0.2) is 0 Å². The largest absolute Gasteiger partial charge is 0.325 e. The van der Waals surface area contributed by atoms with Crippen LogP contribution < -0.4 is 5.32 Å². The first kappa shape index (κ1) is 13.4. The van der Waals surface area contributed by atoms with Gasteiger partial charge in [0, 0.05) is 6.54 Å². The summed E-state index contributed by atoms with van der Waals surface area (Å²) in [4.78, 5) is 14.7. The molecule has 3 rings (SSSR count). The fourth-order valence-corrected chi connectivity index (χ4v) is 3.87. The Morgan fingerprint density at radius 1 is 1.26 bits per heavy atom. The second-order valence-corrected chi connectivity index (χ2v) is 7.21. The highest BCUT2D eigenvalue weighted by atomic mass is 16.2. The molecule has 1 spiro atoms. The summed E-state index contributed by atoms with van der Waals surface area (Å²) in [5.41, 5.74) is -0.137. The highest BCUT2D eigenvalue weighted by molar-refractivity contribution is 5.91. The number of carbonyl (C=O) groups is 1. The molecule has 3 fully saturated rings. The highest BCUT2D eigenvalue weighted by Gasteiger charge is 2.59. The molecule has 1 saturated heterocycles. The monoisotopic (exact) mass is 264 g/mol. The lowest BCUT2D eigenvalue weighted by molar-refractivity contribution is -0.131. The normalized spacial score (nSPS) is 30.6. The molecule has 2 aliphatic carbocycles. The molecule has 1 unspecified atom stereocenters. The van der Waals surface area contributed by atoms with E-state index in [2.05, 4.69) is 24.1 Å². The predicted octanol–water partition coefficient (Wildman–Crippen LogP) is 2.90. The van der Waals surface area contributed by atoms with Gasteiger partial charge in [-0.15, -0.1) is 0 Å². The fraction of sp³-hybridized carbons (Fsp3) is 0.938. The first-order chi connectivity index (χ1) is 9.12. The SMILES string of the molecule is CC(C)C1NC2(CC2)C(=O)N1CCC1CCCCC1. The minimum Gasteiger partial charge on any atom is -0.325 e. The molecule has 3 nitrogen and oxygen atoms in total. The zero-order chi connectivity index (χ0) is 13.5. The van der Waals surface area contributed by atoms with Crippen LogP contribution in [-0.2, 0) is 4.79 Å². The summed E-state index contributed by atoms with van der Waals surface area (Å²) in [5.74, 6) is 1.77. The Hall–Kier alpha value is -0.570. The van der Waals surface area contributed by atoms with Crippen LogP contribution in [0.5, 0.6) is 0 Å². The van der Waals surface area contributed by atoms with Crippen LogP contribution in [0.3, 0.4) is 0 Å². The summed E-state index contributed by atoms with van der Waals surface area (Å²) in [6.45, 7) is 5.42. The molecule has 2 saturated carbocycles. The van der Waals surface area contributed by atoms with Crippen LogP contribution in [0, 0.1) is 11.8 Å². The molecule has 1 amide bonds. The maximum absolute atomic E-state index is 12.5. The van der Waals surface area contributed by atoms with Crippen LogP contribution >= 0.6 is 0 Å². The molecule has 1 atom stereocenters. The lowest BCUT2D eigenvalue weighted by Crippen LogP contribution is -2.42. The van der Waals surface area contributed by atoms with Crippen molar-refractivity contribution in [3.8, 4) is 0 Å². The van der Waals surface area contributed by atoms with Gasteiger partial charge in [-0.1, -0.05) is 46.0 Å². The number of hydrogen-bond acceptors (Lipinski definition) is 2. The zero-order valence-corrected chi connectivity index (χ0v) is 12.5. The maximum atomic E-state index is 12.5. The Balaban J connectivity index is 1.59. The van der Waals surface area contributed by atoms with Gasteiger partial charge in [0.1, 0.15) is 0 Å². The van der Waals surface area contributed by atoms with Crippen molar-refractivity contribution in [2.75, 3.05) is 6.54 Å². The average molecular weight is 264 g/mol. The summed E-state index contributed by atoms with van der Waals surface area (Å²) >= 11 is 0. The molecular formula is C16H28N2O. The third-order valence-electron chi connectivity index (χ3n) is 5.31. The van der Waals surface area contributed by atoms with Gasteiger partial charge >= 0.3 is 0 Å². The standard InChI is InChI=1S/C16H28N2O/c1-12(2)14-17-16(9-10-16)15(19)18(14)11-8-13-6-4-3-5-7-13/h12-14,17H,3-11H2,1-2H3. The second kappa shape index (κ2) is 5.08. The molecule has 3 aliphatic rings. The van der Waals surface area contributed by atoms with Gasteiger partial charge in [-0.3, -0.25) is 10.1 Å². The highest BCUT2D eigenvalue weighted by Crippen LogP contribution is 2.43. The van der Waals surface area contributed by atoms with Gasteiger partial charge in [0.05, 0.1) is 11.7 Å². The van der Waals surface area contributed by atoms with E-state index in [1.165, 1.54) is 38.5 Å². The van der Waals surface area contributed by atoms with Crippen LogP contribution in [0.25, 0.3) is 0 Å². The van der Waals surface area contributed by atoms with Gasteiger partial charge in [0.25, 0.3) is 0 Å². The van der Waals surface area contributed by atoms with Crippen molar-refractivity contribution in [1.29, 1.82) is 0 Å². The molecule has 1 N–H and O–H groups in total. The molecule has 3 heteroatoms. The molecule has 0 aromatic rings. The van der Waals surface area contributed by atoms with E-state index in [-0.39, 0.29) is 11.7 Å². The third kappa shape index (κ3) is 2.54. The lowest BCUT2D eigenvalue weighted by Gasteiger charge is -2.30. The number of carbonyl (C=O) groups excluding carboxylic acids is 1. The predicted molar refractivity (Wildman–Crippen MR) is 76.6 cm³/mol. The van der Waals surface area contributed by atoms with Gasteiger partial charge < -0.3 is 4.90 Å². The van der Waals surface area contributed by atoms with Crippen molar-refractivity contribution in [2.45, 2.75) is 76.9 Å². The number of nitrogens with zero attached hydrogens (tertiary/aromatic N) is 1. The fourth-order valence-electron chi connectivity index (χ4n) is 3.87. The van der Waals surface area contributed by atoms with Crippen LogP contribution in [0.1, 0.15) is 65.2 Å². The molecule has 0 aromatic carbocycles. The number of rotatable bonds is 4. The minimum atomic E-state index is -0.137. The van der Waals surface area contributed by atoms with E-state index in [0.29, 0.717) is 11.8 Å². The first-order valence-electron chi connectivity index (χ1n) is 8.21. The summed E-state index contributed by atoms with van der Waals surface area (Å²) in [6, 6.07) is 0. The maximum Gasteiger partial charge on any atom is 0.244 e.